The van der Waals surface area contributed by atoms with Crippen LogP contribution < -0.4 is 5.32 Å². The number of aromatic nitrogens is 1. The van der Waals surface area contributed by atoms with Crippen LogP contribution >= 0.6 is 27.5 Å². The highest BCUT2D eigenvalue weighted by atomic mass is 79.9. The van der Waals surface area contributed by atoms with Gasteiger partial charge in [0.25, 0.3) is 0 Å². The smallest absolute Gasteiger partial charge is 0.0590 e. The molecule has 14 heavy (non-hydrogen) atoms. The lowest BCUT2D eigenvalue weighted by Crippen LogP contribution is -2.39. The van der Waals surface area contributed by atoms with Crippen LogP contribution in [0.2, 0.25) is 0 Å². The summed E-state index contributed by atoms with van der Waals surface area (Å²) in [5.74, 6) is 0. The van der Waals surface area contributed by atoms with Gasteiger partial charge < -0.3 is 5.32 Å². The van der Waals surface area contributed by atoms with Gasteiger partial charge in [-0.05, 0) is 42.8 Å². The van der Waals surface area contributed by atoms with Crippen LogP contribution in [0.1, 0.15) is 20.8 Å². The Morgan fingerprint density at radius 1 is 1.57 bits per heavy atom. The summed E-state index contributed by atoms with van der Waals surface area (Å²) in [5, 5.41) is 3.41. The largest absolute Gasteiger partial charge is 0.378 e. The molecule has 1 unspecified atom stereocenters. The second-order valence-corrected chi connectivity index (χ2v) is 5.33. The fourth-order valence-corrected chi connectivity index (χ4v) is 1.33. The Balaban J connectivity index is 2.84. The number of rotatable bonds is 3. The molecule has 0 saturated heterocycles. The third kappa shape index (κ3) is 2.85. The van der Waals surface area contributed by atoms with Crippen molar-refractivity contribution in [3.05, 3.63) is 22.9 Å². The third-order valence-corrected chi connectivity index (χ3v) is 3.40. The van der Waals surface area contributed by atoms with Gasteiger partial charge in [-0.15, -0.1) is 11.6 Å². The summed E-state index contributed by atoms with van der Waals surface area (Å²) in [4.78, 5) is 4.00. The molecule has 4 heteroatoms. The molecular weight excluding hydrogens is 263 g/mol. The average Bonchev–Trinajstić information content (AvgIpc) is 2.08. The Hall–Kier alpha value is -0.280. The van der Waals surface area contributed by atoms with E-state index in [0.29, 0.717) is 0 Å². The van der Waals surface area contributed by atoms with Gasteiger partial charge in [0.1, 0.15) is 0 Å². The van der Waals surface area contributed by atoms with E-state index in [9.17, 15) is 0 Å². The molecule has 1 N–H and O–H groups in total. The molecule has 0 aliphatic rings. The van der Waals surface area contributed by atoms with E-state index < -0.39 is 0 Å². The number of alkyl halides is 1. The molecule has 78 valence electrons. The number of nitrogens with one attached hydrogen (secondary N) is 1. The molecule has 1 aromatic heterocycles. The molecule has 0 radical (unpaired) electrons. The van der Waals surface area contributed by atoms with E-state index in [1.165, 1.54) is 0 Å². The quantitative estimate of drug-likeness (QED) is 0.853. The van der Waals surface area contributed by atoms with Gasteiger partial charge in [0.2, 0.25) is 0 Å². The highest BCUT2D eigenvalue weighted by Gasteiger charge is 2.24. The van der Waals surface area contributed by atoms with E-state index in [-0.39, 0.29) is 10.9 Å². The van der Waals surface area contributed by atoms with Crippen LogP contribution in [0, 0.1) is 0 Å². The van der Waals surface area contributed by atoms with Crippen LogP contribution in [0.4, 0.5) is 5.69 Å². The molecule has 0 amide bonds. The molecule has 1 atom stereocenters. The van der Waals surface area contributed by atoms with Crippen LogP contribution in [-0.2, 0) is 0 Å². The minimum atomic E-state index is -0.147. The number of hydrogen-bond donors (Lipinski definition) is 1. The van der Waals surface area contributed by atoms with Crippen molar-refractivity contribution in [1.29, 1.82) is 0 Å². The summed E-state index contributed by atoms with van der Waals surface area (Å²) in [6, 6.07) is 1.92. The molecule has 1 rings (SSSR count). The zero-order valence-corrected chi connectivity index (χ0v) is 10.9. The maximum Gasteiger partial charge on any atom is 0.0590 e. The minimum absolute atomic E-state index is 0.0440. The summed E-state index contributed by atoms with van der Waals surface area (Å²) >= 11 is 9.51. The summed E-state index contributed by atoms with van der Waals surface area (Å²) in [5.41, 5.74) is 0.864. The van der Waals surface area contributed by atoms with Gasteiger partial charge in [0.05, 0.1) is 15.5 Å². The zero-order chi connectivity index (χ0) is 10.8. The first-order valence-corrected chi connectivity index (χ1v) is 5.68. The Bertz CT molecular complexity index is 313. The number of anilines is 1. The van der Waals surface area contributed by atoms with Crippen LogP contribution in [0.15, 0.2) is 22.9 Å². The average molecular weight is 278 g/mol. The third-order valence-electron chi connectivity index (χ3n) is 2.22. The van der Waals surface area contributed by atoms with Crippen molar-refractivity contribution in [3.8, 4) is 0 Å². The fourth-order valence-electron chi connectivity index (χ4n) is 0.923. The van der Waals surface area contributed by atoms with Crippen LogP contribution in [0.25, 0.3) is 0 Å². The number of pyridine rings is 1. The van der Waals surface area contributed by atoms with Crippen molar-refractivity contribution < 1.29 is 0 Å². The Morgan fingerprint density at radius 3 is 2.71 bits per heavy atom. The number of halogens is 2. The first kappa shape index (κ1) is 11.8. The standard InChI is InChI=1S/C10H14BrClN2/c1-7(12)10(2,3)14-9-4-5-13-6-8(9)11/h4-7H,1-3H3,(H,13,14). The Morgan fingerprint density at radius 2 is 2.21 bits per heavy atom. The van der Waals surface area contributed by atoms with Crippen molar-refractivity contribution in [2.24, 2.45) is 0 Å². The van der Waals surface area contributed by atoms with Crippen LogP contribution in [0.5, 0.6) is 0 Å². The lowest BCUT2D eigenvalue weighted by atomic mass is 10.0. The van der Waals surface area contributed by atoms with E-state index in [0.717, 1.165) is 10.2 Å². The molecule has 0 aliphatic carbocycles. The van der Waals surface area contributed by atoms with E-state index in [4.69, 9.17) is 11.6 Å². The second kappa shape index (κ2) is 4.49. The monoisotopic (exact) mass is 276 g/mol. The molecule has 0 bridgehead atoms. The predicted molar refractivity (Wildman–Crippen MR) is 65.0 cm³/mol. The van der Waals surface area contributed by atoms with Crippen molar-refractivity contribution in [2.45, 2.75) is 31.7 Å². The summed E-state index contributed by atoms with van der Waals surface area (Å²) < 4.78 is 0.949. The molecule has 0 aliphatic heterocycles. The molecular formula is C10H14BrClN2. The minimum Gasteiger partial charge on any atom is -0.378 e. The van der Waals surface area contributed by atoms with E-state index in [1.807, 2.05) is 13.0 Å². The van der Waals surface area contributed by atoms with Crippen molar-refractivity contribution >= 4 is 33.2 Å². The van der Waals surface area contributed by atoms with Gasteiger partial charge in [-0.1, -0.05) is 0 Å². The fraction of sp³-hybridized carbons (Fsp3) is 0.500. The Labute approximate surface area is 98.2 Å². The molecule has 0 aromatic carbocycles. The van der Waals surface area contributed by atoms with Crippen LogP contribution in [0.3, 0.4) is 0 Å². The second-order valence-electron chi connectivity index (χ2n) is 3.82. The highest BCUT2D eigenvalue weighted by molar-refractivity contribution is 9.10. The molecule has 2 nitrogen and oxygen atoms in total. The van der Waals surface area contributed by atoms with Gasteiger partial charge in [0.15, 0.2) is 0 Å². The topological polar surface area (TPSA) is 24.9 Å². The Kier molecular flexibility index (Phi) is 3.78. The van der Waals surface area contributed by atoms with Gasteiger partial charge >= 0.3 is 0 Å². The van der Waals surface area contributed by atoms with E-state index >= 15 is 0 Å². The number of hydrogen-bond acceptors (Lipinski definition) is 2. The summed E-state index contributed by atoms with van der Waals surface area (Å²) in [6.07, 6.45) is 3.51. The highest BCUT2D eigenvalue weighted by Crippen LogP contribution is 2.26. The van der Waals surface area contributed by atoms with Crippen molar-refractivity contribution in [2.75, 3.05) is 5.32 Å². The summed E-state index contributed by atoms with van der Waals surface area (Å²) in [7, 11) is 0. The SMILES string of the molecule is CC(Cl)C(C)(C)Nc1ccncc1Br. The molecule has 0 fully saturated rings. The van der Waals surface area contributed by atoms with Gasteiger partial charge in [-0.3, -0.25) is 4.98 Å². The summed E-state index contributed by atoms with van der Waals surface area (Å²) in [6.45, 7) is 6.11. The first-order valence-electron chi connectivity index (χ1n) is 4.45. The lowest BCUT2D eigenvalue weighted by molar-refractivity contribution is 0.554. The lowest BCUT2D eigenvalue weighted by Gasteiger charge is -2.30. The molecule has 0 saturated carbocycles. The number of nitrogens with zero attached hydrogens (tertiary/aromatic N) is 1. The van der Waals surface area contributed by atoms with Gasteiger partial charge in [0, 0.05) is 17.9 Å². The van der Waals surface area contributed by atoms with E-state index in [2.05, 4.69) is 40.1 Å². The van der Waals surface area contributed by atoms with Crippen molar-refractivity contribution in [3.63, 3.8) is 0 Å². The van der Waals surface area contributed by atoms with E-state index in [1.54, 1.807) is 12.4 Å². The zero-order valence-electron chi connectivity index (χ0n) is 8.51. The first-order chi connectivity index (χ1) is 6.43. The predicted octanol–water partition coefficient (Wildman–Crippen LogP) is 3.66. The normalized spacial score (nSPS) is 13.8. The van der Waals surface area contributed by atoms with Crippen molar-refractivity contribution in [1.82, 2.24) is 4.98 Å². The van der Waals surface area contributed by atoms with Gasteiger partial charge in [-0.25, -0.2) is 0 Å². The maximum atomic E-state index is 6.08. The molecule has 1 aromatic rings. The van der Waals surface area contributed by atoms with Gasteiger partial charge in [-0.2, -0.15) is 0 Å². The van der Waals surface area contributed by atoms with Crippen LogP contribution in [-0.4, -0.2) is 15.9 Å². The molecule has 0 spiro atoms. The maximum absolute atomic E-state index is 6.08. The molecule has 1 heterocycles.